The van der Waals surface area contributed by atoms with Crippen LogP contribution in [0.5, 0.6) is 17.2 Å². The Hall–Kier alpha value is -4.07. The maximum Gasteiger partial charge on any atom is 0.347 e. The minimum Gasteiger partial charge on any atom is -0.479 e. The Balaban J connectivity index is 1.32. The van der Waals surface area contributed by atoms with Crippen molar-refractivity contribution in [3.8, 4) is 17.2 Å². The van der Waals surface area contributed by atoms with Crippen molar-refractivity contribution in [3.63, 3.8) is 0 Å². The largest absolute Gasteiger partial charge is 0.479 e. The Morgan fingerprint density at radius 3 is 2.47 bits per heavy atom. The molecule has 36 heavy (non-hydrogen) atoms. The van der Waals surface area contributed by atoms with E-state index in [1.807, 2.05) is 6.92 Å². The van der Waals surface area contributed by atoms with E-state index in [2.05, 4.69) is 0 Å². The fraction of sp³-hybridized carbons (Fsp3) is 0.321. The standard InChI is InChI=1S/C28H26O8/c1-16-12-26(29)36-24-14-20(8-10-21(16)24)34-25-15-32-23-13-19(9-11-22(23)27(25)30)33-17(2)28(31)35-18-6-4-3-5-7-18/h8-15,17-18H,3-7H2,1-2H3. The molecule has 1 fully saturated rings. The van der Waals surface area contributed by atoms with Gasteiger partial charge in [0.15, 0.2) is 6.10 Å². The molecule has 2 aromatic carbocycles. The maximum absolute atomic E-state index is 13.0. The third-order valence-corrected chi connectivity index (χ3v) is 6.34. The van der Waals surface area contributed by atoms with Crippen LogP contribution in [-0.2, 0) is 9.53 Å². The molecule has 0 saturated heterocycles. The third-order valence-electron chi connectivity index (χ3n) is 6.34. The van der Waals surface area contributed by atoms with Crippen LogP contribution in [0.15, 0.2) is 67.2 Å². The van der Waals surface area contributed by atoms with Gasteiger partial charge in [0.05, 0.1) is 5.39 Å². The molecule has 0 amide bonds. The number of benzene rings is 2. The summed E-state index contributed by atoms with van der Waals surface area (Å²) in [6, 6.07) is 11.1. The molecular weight excluding hydrogens is 464 g/mol. The van der Waals surface area contributed by atoms with E-state index < -0.39 is 17.7 Å². The number of ether oxygens (including phenoxy) is 3. The van der Waals surface area contributed by atoms with Crippen LogP contribution < -0.4 is 20.5 Å². The zero-order chi connectivity index (χ0) is 25.2. The average molecular weight is 491 g/mol. The molecule has 1 unspecified atom stereocenters. The summed E-state index contributed by atoms with van der Waals surface area (Å²) in [5.41, 5.74) is 0.598. The molecule has 8 heteroatoms. The van der Waals surface area contributed by atoms with E-state index in [1.165, 1.54) is 18.8 Å². The summed E-state index contributed by atoms with van der Waals surface area (Å²) in [6.07, 6.45) is 5.46. The molecule has 4 aromatic rings. The molecule has 0 spiro atoms. The first kappa shape index (κ1) is 23.7. The zero-order valence-electron chi connectivity index (χ0n) is 20.1. The first-order valence-electron chi connectivity index (χ1n) is 12.0. The quantitative estimate of drug-likeness (QED) is 0.252. The normalized spacial score (nSPS) is 15.1. The number of aryl methyl sites for hydroxylation is 1. The van der Waals surface area contributed by atoms with E-state index in [0.717, 1.165) is 36.6 Å². The Morgan fingerprint density at radius 1 is 0.944 bits per heavy atom. The van der Waals surface area contributed by atoms with Crippen LogP contribution in [-0.4, -0.2) is 18.2 Å². The highest BCUT2D eigenvalue weighted by Gasteiger charge is 2.23. The lowest BCUT2D eigenvalue weighted by molar-refractivity contribution is -0.158. The van der Waals surface area contributed by atoms with E-state index in [-0.39, 0.29) is 22.9 Å². The number of hydrogen-bond acceptors (Lipinski definition) is 8. The molecule has 5 rings (SSSR count). The Morgan fingerprint density at radius 2 is 1.67 bits per heavy atom. The molecule has 0 bridgehead atoms. The van der Waals surface area contributed by atoms with Gasteiger partial charge in [-0.15, -0.1) is 0 Å². The van der Waals surface area contributed by atoms with Gasteiger partial charge in [0.1, 0.15) is 35.0 Å². The second-order valence-electron chi connectivity index (χ2n) is 9.05. The van der Waals surface area contributed by atoms with Crippen molar-refractivity contribution in [3.05, 3.63) is 74.9 Å². The highest BCUT2D eigenvalue weighted by Crippen LogP contribution is 2.28. The number of carbonyl (C=O) groups excluding carboxylic acids is 1. The number of esters is 1. The van der Waals surface area contributed by atoms with Crippen molar-refractivity contribution in [1.29, 1.82) is 0 Å². The summed E-state index contributed by atoms with van der Waals surface area (Å²) in [4.78, 5) is 37.1. The number of hydrogen-bond donors (Lipinski definition) is 0. The molecule has 1 aliphatic rings. The van der Waals surface area contributed by atoms with Gasteiger partial charge >= 0.3 is 11.6 Å². The molecule has 1 saturated carbocycles. The Kier molecular flexibility index (Phi) is 6.50. The summed E-state index contributed by atoms with van der Waals surface area (Å²) < 4.78 is 27.9. The second-order valence-corrected chi connectivity index (χ2v) is 9.05. The fourth-order valence-electron chi connectivity index (χ4n) is 4.43. The molecule has 8 nitrogen and oxygen atoms in total. The predicted octanol–water partition coefficient (Wildman–Crippen LogP) is 5.64. The first-order valence-corrected chi connectivity index (χ1v) is 12.0. The van der Waals surface area contributed by atoms with E-state index in [0.29, 0.717) is 22.5 Å². The van der Waals surface area contributed by atoms with Crippen molar-refractivity contribution < 1.29 is 27.8 Å². The molecule has 0 radical (unpaired) electrons. The van der Waals surface area contributed by atoms with Gasteiger partial charge in [-0.2, -0.15) is 0 Å². The zero-order valence-corrected chi connectivity index (χ0v) is 20.1. The summed E-state index contributed by atoms with van der Waals surface area (Å²) in [5, 5.41) is 1.07. The number of rotatable bonds is 6. The van der Waals surface area contributed by atoms with Crippen LogP contribution >= 0.6 is 0 Å². The summed E-state index contributed by atoms with van der Waals surface area (Å²) in [5.74, 6) is 0.282. The van der Waals surface area contributed by atoms with Gasteiger partial charge in [0, 0.05) is 23.6 Å². The van der Waals surface area contributed by atoms with Gasteiger partial charge < -0.3 is 23.0 Å². The van der Waals surface area contributed by atoms with Crippen molar-refractivity contribution in [2.75, 3.05) is 0 Å². The molecular formula is C28H26O8. The van der Waals surface area contributed by atoms with E-state index in [1.54, 1.807) is 43.3 Å². The van der Waals surface area contributed by atoms with E-state index >= 15 is 0 Å². The fourth-order valence-corrected chi connectivity index (χ4v) is 4.43. The van der Waals surface area contributed by atoms with Crippen LogP contribution in [0.4, 0.5) is 0 Å². The number of fused-ring (bicyclic) bond motifs is 2. The van der Waals surface area contributed by atoms with E-state index in [9.17, 15) is 14.4 Å². The monoisotopic (exact) mass is 490 g/mol. The first-order chi connectivity index (χ1) is 17.4. The van der Waals surface area contributed by atoms with Crippen molar-refractivity contribution >= 4 is 27.9 Å². The molecule has 186 valence electrons. The lowest BCUT2D eigenvalue weighted by Gasteiger charge is -2.23. The van der Waals surface area contributed by atoms with Crippen molar-refractivity contribution in [2.45, 2.75) is 58.2 Å². The maximum atomic E-state index is 13.0. The van der Waals surface area contributed by atoms with E-state index in [4.69, 9.17) is 23.0 Å². The Bertz CT molecular complexity index is 1540. The minimum absolute atomic E-state index is 0.0186. The highest BCUT2D eigenvalue weighted by atomic mass is 16.6. The topological polar surface area (TPSA) is 105 Å². The molecule has 1 aliphatic carbocycles. The van der Waals surface area contributed by atoms with Gasteiger partial charge in [-0.1, -0.05) is 6.42 Å². The highest BCUT2D eigenvalue weighted by molar-refractivity contribution is 5.82. The molecule has 0 N–H and O–H groups in total. The van der Waals surface area contributed by atoms with Crippen molar-refractivity contribution in [2.24, 2.45) is 0 Å². The summed E-state index contributed by atoms with van der Waals surface area (Å²) in [6.45, 7) is 3.45. The van der Waals surface area contributed by atoms with Crippen LogP contribution in [0.3, 0.4) is 0 Å². The van der Waals surface area contributed by atoms with Crippen LogP contribution in [0.25, 0.3) is 21.9 Å². The lowest BCUT2D eigenvalue weighted by atomic mass is 9.98. The molecule has 2 heterocycles. The van der Waals surface area contributed by atoms with Gasteiger partial charge in [-0.25, -0.2) is 9.59 Å². The van der Waals surface area contributed by atoms with Gasteiger partial charge in [-0.05, 0) is 69.4 Å². The molecule has 2 aromatic heterocycles. The van der Waals surface area contributed by atoms with Gasteiger partial charge in [0.2, 0.25) is 11.2 Å². The van der Waals surface area contributed by atoms with Crippen LogP contribution in [0.1, 0.15) is 44.6 Å². The van der Waals surface area contributed by atoms with Gasteiger partial charge in [0.25, 0.3) is 0 Å². The summed E-state index contributed by atoms with van der Waals surface area (Å²) >= 11 is 0. The Labute approximate surface area is 206 Å². The number of carbonyl (C=O) groups is 1. The van der Waals surface area contributed by atoms with Crippen LogP contribution in [0, 0.1) is 6.92 Å². The van der Waals surface area contributed by atoms with Gasteiger partial charge in [-0.3, -0.25) is 4.79 Å². The lowest BCUT2D eigenvalue weighted by Crippen LogP contribution is -2.31. The van der Waals surface area contributed by atoms with Crippen LogP contribution in [0.2, 0.25) is 0 Å². The van der Waals surface area contributed by atoms with Crippen molar-refractivity contribution in [1.82, 2.24) is 0 Å². The predicted molar refractivity (Wildman–Crippen MR) is 133 cm³/mol. The smallest absolute Gasteiger partial charge is 0.347 e. The molecule has 1 atom stereocenters. The second kappa shape index (κ2) is 9.89. The summed E-state index contributed by atoms with van der Waals surface area (Å²) in [7, 11) is 0. The average Bonchev–Trinajstić information content (AvgIpc) is 2.86. The third kappa shape index (κ3) is 4.98. The molecule has 0 aliphatic heterocycles. The SMILES string of the molecule is Cc1cc(=O)oc2cc(Oc3coc4cc(OC(C)C(=O)OC5CCCCC5)ccc4c3=O)ccc12. The minimum atomic E-state index is -0.796.